The average molecular weight is 287 g/mol. The molecule has 0 aliphatic rings. The zero-order chi connectivity index (χ0) is 14.1. The molecule has 0 aliphatic heterocycles. The smallest absolute Gasteiger partial charge is 0.337 e. The lowest BCUT2D eigenvalue weighted by atomic mass is 10.2. The van der Waals surface area contributed by atoms with Crippen LogP contribution in [0.1, 0.15) is 10.4 Å². The predicted octanol–water partition coefficient (Wildman–Crippen LogP) is 3.47. The minimum atomic E-state index is -0.346. The highest BCUT2D eigenvalue weighted by Gasteiger charge is 2.07. The number of esters is 1. The summed E-state index contributed by atoms with van der Waals surface area (Å²) in [5.41, 5.74) is 2.43. The minimum Gasteiger partial charge on any atom is -0.465 e. The van der Waals surface area contributed by atoms with Crippen LogP contribution in [-0.2, 0) is 4.74 Å². The van der Waals surface area contributed by atoms with E-state index in [0.29, 0.717) is 10.7 Å². The average Bonchev–Trinajstić information content (AvgIpc) is 2.89. The molecule has 0 spiro atoms. The van der Waals surface area contributed by atoms with E-state index in [0.717, 1.165) is 16.6 Å². The van der Waals surface area contributed by atoms with Gasteiger partial charge in [0, 0.05) is 29.5 Å². The Kier molecular flexibility index (Phi) is 3.16. The van der Waals surface area contributed by atoms with E-state index in [1.54, 1.807) is 18.3 Å². The summed E-state index contributed by atoms with van der Waals surface area (Å²) in [6.07, 6.45) is 3.67. The van der Waals surface area contributed by atoms with Crippen LogP contribution >= 0.6 is 11.6 Å². The lowest BCUT2D eigenvalue weighted by molar-refractivity contribution is 0.0601. The summed E-state index contributed by atoms with van der Waals surface area (Å²) in [6, 6.07) is 11.0. The molecule has 20 heavy (non-hydrogen) atoms. The first-order valence-electron chi connectivity index (χ1n) is 6.00. The molecule has 0 atom stereocenters. The molecule has 0 bridgehead atoms. The summed E-state index contributed by atoms with van der Waals surface area (Å²) in [4.78, 5) is 15.5. The number of hydrogen-bond donors (Lipinski definition) is 0. The fraction of sp³-hybridized carbons (Fsp3) is 0.0667. The first-order valence-corrected chi connectivity index (χ1v) is 6.38. The van der Waals surface area contributed by atoms with Crippen LogP contribution in [0.5, 0.6) is 0 Å². The van der Waals surface area contributed by atoms with Crippen molar-refractivity contribution in [2.75, 3.05) is 7.11 Å². The number of halogens is 1. The van der Waals surface area contributed by atoms with Gasteiger partial charge < -0.3 is 9.30 Å². The first kappa shape index (κ1) is 12.7. The quantitative estimate of drug-likeness (QED) is 0.535. The molecule has 3 rings (SSSR count). The molecule has 4 nitrogen and oxygen atoms in total. The van der Waals surface area contributed by atoms with Gasteiger partial charge in [-0.25, -0.2) is 9.78 Å². The number of hydrogen-bond acceptors (Lipinski definition) is 3. The Balaban J connectivity index is 2.07. The summed E-state index contributed by atoms with van der Waals surface area (Å²) >= 11 is 5.93. The molecule has 3 aromatic rings. The molecular weight excluding hydrogens is 276 g/mol. The van der Waals surface area contributed by atoms with Crippen molar-refractivity contribution in [1.29, 1.82) is 0 Å². The third-order valence-corrected chi connectivity index (χ3v) is 3.31. The predicted molar refractivity (Wildman–Crippen MR) is 77.4 cm³/mol. The Hall–Kier alpha value is -2.33. The second-order valence-corrected chi connectivity index (χ2v) is 4.68. The van der Waals surface area contributed by atoms with Crippen LogP contribution in [0.15, 0.2) is 48.8 Å². The molecule has 0 aliphatic carbocycles. The standard InChI is InChI=1S/C15H11ClN2O2/c1-20-15(19)10-2-4-12(5-3-10)18-7-6-11-9-17-14(16)8-13(11)18/h2-9H,1H3. The molecule has 0 saturated heterocycles. The lowest BCUT2D eigenvalue weighted by Gasteiger charge is -2.06. The number of rotatable bonds is 2. The van der Waals surface area contributed by atoms with E-state index in [1.165, 1.54) is 7.11 Å². The highest BCUT2D eigenvalue weighted by molar-refractivity contribution is 6.30. The van der Waals surface area contributed by atoms with E-state index in [1.807, 2.05) is 35.0 Å². The molecule has 100 valence electrons. The SMILES string of the molecule is COC(=O)c1ccc(-n2ccc3cnc(Cl)cc32)cc1. The number of benzene rings is 1. The Morgan fingerprint density at radius 1 is 1.25 bits per heavy atom. The molecule has 2 aromatic heterocycles. The topological polar surface area (TPSA) is 44.1 Å². The van der Waals surface area contributed by atoms with E-state index < -0.39 is 0 Å². The maximum absolute atomic E-state index is 11.4. The number of methoxy groups -OCH3 is 1. The molecule has 0 radical (unpaired) electrons. The van der Waals surface area contributed by atoms with Crippen LogP contribution in [0.3, 0.4) is 0 Å². The molecule has 1 aromatic carbocycles. The van der Waals surface area contributed by atoms with Gasteiger partial charge in [0.1, 0.15) is 5.15 Å². The highest BCUT2D eigenvalue weighted by Crippen LogP contribution is 2.22. The Bertz CT molecular complexity index is 778. The van der Waals surface area contributed by atoms with Gasteiger partial charge >= 0.3 is 5.97 Å². The summed E-state index contributed by atoms with van der Waals surface area (Å²) < 4.78 is 6.67. The number of fused-ring (bicyclic) bond motifs is 1. The summed E-state index contributed by atoms with van der Waals surface area (Å²) in [7, 11) is 1.37. The molecule has 0 fully saturated rings. The Labute approximate surface area is 120 Å². The van der Waals surface area contributed by atoms with Crippen LogP contribution in [0, 0.1) is 0 Å². The van der Waals surface area contributed by atoms with Gasteiger partial charge in [-0.05, 0) is 30.3 Å². The molecule has 0 amide bonds. The Morgan fingerprint density at radius 3 is 2.70 bits per heavy atom. The van der Waals surface area contributed by atoms with Crippen molar-refractivity contribution in [1.82, 2.24) is 9.55 Å². The number of carbonyl (C=O) groups excluding carboxylic acids is 1. The zero-order valence-electron chi connectivity index (χ0n) is 10.7. The normalized spacial score (nSPS) is 10.7. The maximum Gasteiger partial charge on any atom is 0.337 e. The van der Waals surface area contributed by atoms with Crippen LogP contribution in [0.4, 0.5) is 0 Å². The summed E-state index contributed by atoms with van der Waals surface area (Å²) in [5, 5.41) is 1.45. The third kappa shape index (κ3) is 2.14. The van der Waals surface area contributed by atoms with Crippen LogP contribution < -0.4 is 0 Å². The molecule has 0 N–H and O–H groups in total. The van der Waals surface area contributed by atoms with E-state index in [2.05, 4.69) is 9.72 Å². The van der Waals surface area contributed by atoms with Gasteiger partial charge in [0.2, 0.25) is 0 Å². The molecule has 2 heterocycles. The van der Waals surface area contributed by atoms with Gasteiger partial charge in [0.25, 0.3) is 0 Å². The van der Waals surface area contributed by atoms with Crippen molar-refractivity contribution >= 4 is 28.5 Å². The van der Waals surface area contributed by atoms with Crippen molar-refractivity contribution in [3.8, 4) is 5.69 Å². The fourth-order valence-electron chi connectivity index (χ4n) is 2.10. The number of pyridine rings is 1. The van der Waals surface area contributed by atoms with Gasteiger partial charge in [-0.3, -0.25) is 0 Å². The zero-order valence-corrected chi connectivity index (χ0v) is 11.5. The molecule has 0 unspecified atom stereocenters. The van der Waals surface area contributed by atoms with Crippen LogP contribution in [0.25, 0.3) is 16.6 Å². The molecule has 0 saturated carbocycles. The van der Waals surface area contributed by atoms with E-state index in [-0.39, 0.29) is 5.97 Å². The van der Waals surface area contributed by atoms with E-state index in [9.17, 15) is 4.79 Å². The summed E-state index contributed by atoms with van der Waals surface area (Å²) in [6.45, 7) is 0. The van der Waals surface area contributed by atoms with Gasteiger partial charge in [0.15, 0.2) is 0 Å². The van der Waals surface area contributed by atoms with E-state index in [4.69, 9.17) is 11.6 Å². The second kappa shape index (κ2) is 4.98. The lowest BCUT2D eigenvalue weighted by Crippen LogP contribution is -2.01. The van der Waals surface area contributed by atoms with Gasteiger partial charge in [-0.1, -0.05) is 11.6 Å². The number of aromatic nitrogens is 2. The number of nitrogens with zero attached hydrogens (tertiary/aromatic N) is 2. The second-order valence-electron chi connectivity index (χ2n) is 4.29. The van der Waals surface area contributed by atoms with Crippen LogP contribution in [-0.4, -0.2) is 22.6 Å². The largest absolute Gasteiger partial charge is 0.465 e. The third-order valence-electron chi connectivity index (χ3n) is 3.11. The first-order chi connectivity index (χ1) is 9.69. The fourth-order valence-corrected chi connectivity index (χ4v) is 2.26. The monoisotopic (exact) mass is 286 g/mol. The van der Waals surface area contributed by atoms with Crippen molar-refractivity contribution in [2.45, 2.75) is 0 Å². The van der Waals surface area contributed by atoms with Crippen molar-refractivity contribution in [3.63, 3.8) is 0 Å². The molecule has 5 heteroatoms. The van der Waals surface area contributed by atoms with Crippen molar-refractivity contribution in [2.24, 2.45) is 0 Å². The number of carbonyl (C=O) groups is 1. The summed E-state index contributed by atoms with van der Waals surface area (Å²) in [5.74, 6) is -0.346. The van der Waals surface area contributed by atoms with Crippen LogP contribution in [0.2, 0.25) is 5.15 Å². The van der Waals surface area contributed by atoms with Gasteiger partial charge in [-0.15, -0.1) is 0 Å². The maximum atomic E-state index is 11.4. The van der Waals surface area contributed by atoms with E-state index >= 15 is 0 Å². The number of ether oxygens (including phenoxy) is 1. The van der Waals surface area contributed by atoms with Gasteiger partial charge in [-0.2, -0.15) is 0 Å². The van der Waals surface area contributed by atoms with Gasteiger partial charge in [0.05, 0.1) is 18.2 Å². The highest BCUT2D eigenvalue weighted by atomic mass is 35.5. The minimum absolute atomic E-state index is 0.346. The van der Waals surface area contributed by atoms with Crippen molar-refractivity contribution in [3.05, 3.63) is 59.5 Å². The molecular formula is C15H11ClN2O2. The van der Waals surface area contributed by atoms with Crippen molar-refractivity contribution < 1.29 is 9.53 Å². The Morgan fingerprint density at radius 2 is 2.00 bits per heavy atom.